The number of ether oxygens (including phenoxy) is 1. The third-order valence-corrected chi connectivity index (χ3v) is 0.211. The molecule has 10 heavy (non-hydrogen) atoms. The Morgan fingerprint density at radius 2 is 1.40 bits per heavy atom. The largest absolute Gasteiger partial charge is 0.388 e. The summed E-state index contributed by atoms with van der Waals surface area (Å²) in [7, 11) is 7.93. The van der Waals surface area contributed by atoms with E-state index in [1.54, 1.807) is 28.3 Å². The first-order valence-corrected chi connectivity index (χ1v) is 5.20. The van der Waals surface area contributed by atoms with E-state index in [1.807, 2.05) is 0 Å². The molecule has 0 heterocycles. The molecule has 0 spiro atoms. The number of amides is 1. The van der Waals surface area contributed by atoms with Gasteiger partial charge in [-0.05, 0) is 10.2 Å². The summed E-state index contributed by atoms with van der Waals surface area (Å²) < 4.78 is 4.25. The molecule has 0 saturated heterocycles. The van der Waals surface area contributed by atoms with Crippen LogP contribution in [0.15, 0.2) is 0 Å². The van der Waals surface area contributed by atoms with Gasteiger partial charge >= 0.3 is 0 Å². The van der Waals surface area contributed by atoms with Gasteiger partial charge in [-0.1, -0.05) is 6.55 Å². The zero-order chi connectivity index (χ0) is 8.99. The molecular weight excluding hydrogens is 146 g/mol. The topological polar surface area (TPSA) is 29.5 Å². The summed E-state index contributed by atoms with van der Waals surface area (Å²) in [6, 6.07) is 0. The first-order valence-electron chi connectivity index (χ1n) is 3.20. The van der Waals surface area contributed by atoms with Crippen molar-refractivity contribution in [1.82, 2.24) is 4.90 Å². The fourth-order valence-electron chi connectivity index (χ4n) is 0. The molecule has 0 rings (SSSR count). The van der Waals surface area contributed by atoms with Gasteiger partial charge in [0.05, 0.1) is 0 Å². The standard InChI is InChI=1S/C3H7NO.C2H6O.CH6Si/c1-4(2)3-5;1-3-2;1-2/h3H,1-2H3;1-2H3;1-2H3. The van der Waals surface area contributed by atoms with Gasteiger partial charge < -0.3 is 9.64 Å². The van der Waals surface area contributed by atoms with Crippen molar-refractivity contribution in [3.05, 3.63) is 0 Å². The second-order valence-electron chi connectivity index (χ2n) is 1.48. The minimum absolute atomic E-state index is 0.750. The van der Waals surface area contributed by atoms with Gasteiger partial charge in [0.1, 0.15) is 0 Å². The fraction of sp³-hybridized carbons (Fsp3) is 0.833. The molecule has 0 radical (unpaired) electrons. The predicted octanol–water partition coefficient (Wildman–Crippen LogP) is -0.633. The van der Waals surface area contributed by atoms with E-state index in [9.17, 15) is 4.79 Å². The SMILES string of the molecule is CN(C)C=O.COC.C[SiH3]. The van der Waals surface area contributed by atoms with Crippen LogP contribution in [-0.2, 0) is 9.53 Å². The number of methoxy groups -OCH3 is 1. The lowest BCUT2D eigenvalue weighted by Gasteiger charge is -1.93. The van der Waals surface area contributed by atoms with Crippen LogP contribution in [0.2, 0.25) is 6.55 Å². The van der Waals surface area contributed by atoms with Crippen LogP contribution in [0.4, 0.5) is 0 Å². The third-order valence-electron chi connectivity index (χ3n) is 0.211. The molecule has 64 valence electrons. The number of nitrogens with zero attached hydrogens (tertiary/aromatic N) is 1. The van der Waals surface area contributed by atoms with E-state index in [0.29, 0.717) is 0 Å². The van der Waals surface area contributed by atoms with Gasteiger partial charge in [-0.25, -0.2) is 0 Å². The molecule has 0 atom stereocenters. The molecule has 3 nitrogen and oxygen atoms in total. The van der Waals surface area contributed by atoms with Crippen LogP contribution < -0.4 is 0 Å². The number of carbonyl (C=O) groups is 1. The molecule has 0 unspecified atom stereocenters. The summed E-state index contributed by atoms with van der Waals surface area (Å²) in [6.07, 6.45) is 0.750. The van der Waals surface area contributed by atoms with Crippen LogP contribution >= 0.6 is 0 Å². The minimum atomic E-state index is 0.750. The average molecular weight is 165 g/mol. The van der Waals surface area contributed by atoms with Gasteiger partial charge in [0, 0.05) is 28.3 Å². The highest BCUT2D eigenvalue weighted by atomic mass is 28.1. The van der Waals surface area contributed by atoms with E-state index in [1.165, 1.54) is 15.1 Å². The second-order valence-corrected chi connectivity index (χ2v) is 1.48. The summed E-state index contributed by atoms with van der Waals surface area (Å²) in [4.78, 5) is 10.9. The van der Waals surface area contributed by atoms with Gasteiger partial charge in [0.2, 0.25) is 6.41 Å². The highest BCUT2D eigenvalue weighted by Crippen LogP contribution is 1.52. The van der Waals surface area contributed by atoms with Gasteiger partial charge in [0.15, 0.2) is 0 Å². The first kappa shape index (κ1) is 16.3. The lowest BCUT2D eigenvalue weighted by molar-refractivity contribution is -0.115. The molecule has 0 aliphatic heterocycles. The maximum Gasteiger partial charge on any atom is 0.209 e. The molecule has 0 fully saturated rings. The summed E-state index contributed by atoms with van der Waals surface area (Å²) in [5.41, 5.74) is 0. The van der Waals surface area contributed by atoms with E-state index in [-0.39, 0.29) is 0 Å². The van der Waals surface area contributed by atoms with Crippen molar-refractivity contribution in [3.63, 3.8) is 0 Å². The summed E-state index contributed by atoms with van der Waals surface area (Å²) in [6.45, 7) is 2.14. The molecular formula is C6H19NO2Si. The monoisotopic (exact) mass is 165 g/mol. The van der Waals surface area contributed by atoms with Crippen molar-refractivity contribution in [2.24, 2.45) is 0 Å². The average Bonchev–Trinajstić information content (AvgIpc) is 1.94. The number of hydrogen-bond donors (Lipinski definition) is 0. The van der Waals surface area contributed by atoms with E-state index >= 15 is 0 Å². The van der Waals surface area contributed by atoms with Crippen molar-refractivity contribution in [1.29, 1.82) is 0 Å². The Morgan fingerprint density at radius 1 is 1.30 bits per heavy atom. The minimum Gasteiger partial charge on any atom is -0.388 e. The summed E-state index contributed by atoms with van der Waals surface area (Å²) in [5, 5.41) is 0. The Hall–Kier alpha value is -0.353. The summed E-state index contributed by atoms with van der Waals surface area (Å²) >= 11 is 0. The predicted molar refractivity (Wildman–Crippen MR) is 48.5 cm³/mol. The smallest absolute Gasteiger partial charge is 0.209 e. The molecule has 0 aromatic rings. The third kappa shape index (κ3) is 125. The molecule has 0 aromatic heterocycles. The van der Waals surface area contributed by atoms with Crippen molar-refractivity contribution in [3.8, 4) is 0 Å². The van der Waals surface area contributed by atoms with Gasteiger partial charge in [0.25, 0.3) is 0 Å². The quantitative estimate of drug-likeness (QED) is 0.382. The first-order chi connectivity index (χ1) is 4.68. The van der Waals surface area contributed by atoms with Gasteiger partial charge in [-0.2, -0.15) is 0 Å². The van der Waals surface area contributed by atoms with Gasteiger partial charge in [-0.15, -0.1) is 0 Å². The van der Waals surface area contributed by atoms with Crippen LogP contribution in [0.5, 0.6) is 0 Å². The maximum atomic E-state index is 9.43. The fourth-order valence-corrected chi connectivity index (χ4v) is 0. The van der Waals surface area contributed by atoms with Crippen molar-refractivity contribution < 1.29 is 9.53 Å². The highest BCUT2D eigenvalue weighted by molar-refractivity contribution is 6.05. The lowest BCUT2D eigenvalue weighted by atomic mass is 11.0. The molecule has 0 aromatic carbocycles. The Bertz CT molecular complexity index is 51.0. The van der Waals surface area contributed by atoms with Crippen LogP contribution in [0.1, 0.15) is 0 Å². The van der Waals surface area contributed by atoms with E-state index < -0.39 is 0 Å². The summed E-state index contributed by atoms with van der Waals surface area (Å²) in [5.74, 6) is 0. The van der Waals surface area contributed by atoms with E-state index in [4.69, 9.17) is 0 Å². The Labute approximate surface area is 66.8 Å². The molecule has 1 amide bonds. The van der Waals surface area contributed by atoms with Crippen LogP contribution in [0, 0.1) is 0 Å². The molecule has 0 N–H and O–H groups in total. The van der Waals surface area contributed by atoms with Crippen molar-refractivity contribution in [2.75, 3.05) is 28.3 Å². The lowest BCUT2D eigenvalue weighted by Crippen LogP contribution is -2.06. The maximum absolute atomic E-state index is 9.43. The number of rotatable bonds is 1. The van der Waals surface area contributed by atoms with E-state index in [2.05, 4.69) is 11.3 Å². The Kier molecular flexibility index (Phi) is 38.2. The van der Waals surface area contributed by atoms with Crippen LogP contribution in [-0.4, -0.2) is 49.9 Å². The van der Waals surface area contributed by atoms with Crippen LogP contribution in [0.3, 0.4) is 0 Å². The molecule has 0 aliphatic rings. The van der Waals surface area contributed by atoms with Crippen molar-refractivity contribution >= 4 is 16.7 Å². The number of carbonyl (C=O) groups excluding carboxylic acids is 1. The van der Waals surface area contributed by atoms with E-state index in [0.717, 1.165) is 6.41 Å². The molecule has 0 aliphatic carbocycles. The van der Waals surface area contributed by atoms with Crippen LogP contribution in [0.25, 0.3) is 0 Å². The molecule has 0 saturated carbocycles. The Morgan fingerprint density at radius 3 is 1.40 bits per heavy atom. The number of hydrogen-bond acceptors (Lipinski definition) is 2. The second kappa shape index (κ2) is 23.4. The van der Waals surface area contributed by atoms with Crippen molar-refractivity contribution in [2.45, 2.75) is 6.55 Å². The highest BCUT2D eigenvalue weighted by Gasteiger charge is 1.68. The Balaban J connectivity index is -0.0000000847. The zero-order valence-corrected chi connectivity index (χ0v) is 9.84. The molecule has 4 heteroatoms. The zero-order valence-electron chi connectivity index (χ0n) is 7.84. The normalized spacial score (nSPS) is 6.10. The molecule has 0 bridgehead atoms. The van der Waals surface area contributed by atoms with Gasteiger partial charge in [-0.3, -0.25) is 4.79 Å².